The zero-order valence-corrected chi connectivity index (χ0v) is 10.1. The van der Waals surface area contributed by atoms with Crippen molar-refractivity contribution >= 4 is 0 Å². The van der Waals surface area contributed by atoms with Crippen molar-refractivity contribution in [3.63, 3.8) is 0 Å². The molecule has 1 aromatic carbocycles. The Balaban J connectivity index is 2.46. The van der Waals surface area contributed by atoms with E-state index in [0.29, 0.717) is 11.5 Å². The van der Waals surface area contributed by atoms with E-state index in [-0.39, 0.29) is 0 Å². The second-order valence-corrected chi connectivity index (χ2v) is 3.56. The molecule has 0 amide bonds. The summed E-state index contributed by atoms with van der Waals surface area (Å²) < 4.78 is 10.5. The number of nitrogens with zero attached hydrogens (tertiary/aromatic N) is 2. The van der Waals surface area contributed by atoms with Crippen LogP contribution in [0, 0.1) is 6.92 Å². The van der Waals surface area contributed by atoms with Gasteiger partial charge in [0.1, 0.15) is 5.82 Å². The third-order valence-electron chi connectivity index (χ3n) is 2.46. The molecule has 88 valence electrons. The van der Waals surface area contributed by atoms with Crippen LogP contribution in [0.25, 0.3) is 11.3 Å². The maximum absolute atomic E-state index is 5.26. The number of rotatable bonds is 3. The third kappa shape index (κ3) is 2.36. The normalized spacial score (nSPS) is 10.1. The molecule has 0 fully saturated rings. The van der Waals surface area contributed by atoms with E-state index in [1.165, 1.54) is 0 Å². The molecular formula is C13H14N2O2. The minimum absolute atomic E-state index is 0.696. The van der Waals surface area contributed by atoms with Gasteiger partial charge in [0.2, 0.25) is 0 Å². The molecule has 2 aromatic rings. The van der Waals surface area contributed by atoms with Crippen molar-refractivity contribution < 1.29 is 9.47 Å². The average Bonchev–Trinajstić information content (AvgIpc) is 2.38. The summed E-state index contributed by atoms with van der Waals surface area (Å²) in [7, 11) is 3.24. The number of aryl methyl sites for hydroxylation is 1. The Kier molecular flexibility index (Phi) is 3.23. The maximum Gasteiger partial charge on any atom is 0.161 e. The first-order chi connectivity index (χ1) is 8.24. The topological polar surface area (TPSA) is 44.2 Å². The van der Waals surface area contributed by atoms with E-state index in [0.717, 1.165) is 17.1 Å². The molecular weight excluding hydrogens is 216 g/mol. The van der Waals surface area contributed by atoms with Crippen LogP contribution >= 0.6 is 0 Å². The smallest absolute Gasteiger partial charge is 0.161 e. The van der Waals surface area contributed by atoms with Crippen LogP contribution < -0.4 is 9.47 Å². The van der Waals surface area contributed by atoms with Crippen molar-refractivity contribution in [2.75, 3.05) is 14.2 Å². The summed E-state index contributed by atoms with van der Waals surface area (Å²) in [5.41, 5.74) is 1.85. The van der Waals surface area contributed by atoms with Crippen molar-refractivity contribution in [1.29, 1.82) is 0 Å². The van der Waals surface area contributed by atoms with Gasteiger partial charge < -0.3 is 9.47 Å². The second kappa shape index (κ2) is 4.82. The molecule has 0 N–H and O–H groups in total. The minimum atomic E-state index is 0.696. The number of aromatic nitrogens is 2. The largest absolute Gasteiger partial charge is 0.493 e. The molecule has 0 unspecified atom stereocenters. The molecule has 0 aliphatic rings. The zero-order valence-electron chi connectivity index (χ0n) is 10.1. The molecule has 4 heteroatoms. The Hall–Kier alpha value is -2.10. The Morgan fingerprint density at radius 3 is 2.41 bits per heavy atom. The number of hydrogen-bond donors (Lipinski definition) is 0. The molecule has 0 saturated carbocycles. The molecule has 0 aliphatic carbocycles. The van der Waals surface area contributed by atoms with Gasteiger partial charge >= 0.3 is 0 Å². The van der Waals surface area contributed by atoms with Crippen LogP contribution in [-0.4, -0.2) is 24.2 Å². The van der Waals surface area contributed by atoms with E-state index in [1.807, 2.05) is 31.2 Å². The highest BCUT2D eigenvalue weighted by atomic mass is 16.5. The number of methoxy groups -OCH3 is 2. The molecule has 0 bridgehead atoms. The predicted octanol–water partition coefficient (Wildman–Crippen LogP) is 2.47. The molecule has 2 rings (SSSR count). The summed E-state index contributed by atoms with van der Waals surface area (Å²) in [6.07, 6.45) is 1.74. The van der Waals surface area contributed by atoms with Gasteiger partial charge in [-0.1, -0.05) is 0 Å². The van der Waals surface area contributed by atoms with Gasteiger partial charge in [-0.25, -0.2) is 9.97 Å². The van der Waals surface area contributed by atoms with E-state index in [4.69, 9.17) is 9.47 Å². The fraction of sp³-hybridized carbons (Fsp3) is 0.231. The summed E-state index contributed by atoms with van der Waals surface area (Å²) in [6, 6.07) is 7.59. The first-order valence-corrected chi connectivity index (χ1v) is 5.26. The van der Waals surface area contributed by atoms with Gasteiger partial charge in [0.25, 0.3) is 0 Å². The highest BCUT2D eigenvalue weighted by molar-refractivity contribution is 5.63. The van der Waals surface area contributed by atoms with Gasteiger partial charge in [-0.2, -0.15) is 0 Å². The molecule has 0 spiro atoms. The lowest BCUT2D eigenvalue weighted by molar-refractivity contribution is 0.355. The van der Waals surface area contributed by atoms with Crippen molar-refractivity contribution in [2.45, 2.75) is 6.92 Å². The van der Waals surface area contributed by atoms with Crippen molar-refractivity contribution in [3.05, 3.63) is 36.3 Å². The Morgan fingerprint density at radius 2 is 1.76 bits per heavy atom. The van der Waals surface area contributed by atoms with Gasteiger partial charge in [0, 0.05) is 11.8 Å². The molecule has 17 heavy (non-hydrogen) atoms. The first-order valence-electron chi connectivity index (χ1n) is 5.26. The van der Waals surface area contributed by atoms with Crippen LogP contribution in [0.2, 0.25) is 0 Å². The van der Waals surface area contributed by atoms with Crippen molar-refractivity contribution in [3.8, 4) is 22.8 Å². The summed E-state index contributed by atoms with van der Waals surface area (Å²) >= 11 is 0. The highest BCUT2D eigenvalue weighted by Crippen LogP contribution is 2.31. The highest BCUT2D eigenvalue weighted by Gasteiger charge is 2.07. The first kappa shape index (κ1) is 11.4. The average molecular weight is 230 g/mol. The summed E-state index contributed by atoms with van der Waals surface area (Å²) in [5, 5.41) is 0. The van der Waals surface area contributed by atoms with Crippen LogP contribution in [0.4, 0.5) is 0 Å². The molecule has 4 nitrogen and oxygen atoms in total. The monoisotopic (exact) mass is 230 g/mol. The van der Waals surface area contributed by atoms with Crippen LogP contribution in [0.1, 0.15) is 5.82 Å². The van der Waals surface area contributed by atoms with Gasteiger partial charge in [0.15, 0.2) is 11.5 Å². The fourth-order valence-corrected chi connectivity index (χ4v) is 1.61. The quantitative estimate of drug-likeness (QED) is 0.812. The van der Waals surface area contributed by atoms with Crippen LogP contribution in [0.15, 0.2) is 30.5 Å². The number of benzene rings is 1. The lowest BCUT2D eigenvalue weighted by Gasteiger charge is -2.09. The van der Waals surface area contributed by atoms with E-state index in [9.17, 15) is 0 Å². The number of hydrogen-bond acceptors (Lipinski definition) is 4. The van der Waals surface area contributed by atoms with E-state index in [2.05, 4.69) is 9.97 Å². The molecule has 0 saturated heterocycles. The van der Waals surface area contributed by atoms with Crippen LogP contribution in [-0.2, 0) is 0 Å². The predicted molar refractivity (Wildman–Crippen MR) is 65.3 cm³/mol. The molecule has 0 aliphatic heterocycles. The molecule has 1 aromatic heterocycles. The second-order valence-electron chi connectivity index (χ2n) is 3.56. The van der Waals surface area contributed by atoms with E-state index < -0.39 is 0 Å². The summed E-state index contributed by atoms with van der Waals surface area (Å²) in [4.78, 5) is 8.44. The van der Waals surface area contributed by atoms with Crippen LogP contribution in [0.5, 0.6) is 11.5 Å². The number of ether oxygens (including phenoxy) is 2. The van der Waals surface area contributed by atoms with Gasteiger partial charge in [-0.05, 0) is 31.2 Å². The Labute approximate surface area is 100 Å². The standard InChI is InChI=1S/C13H14N2O2/c1-9-14-7-6-11(15-9)10-4-5-12(16-2)13(8-10)17-3/h4-8H,1-3H3. The van der Waals surface area contributed by atoms with Crippen LogP contribution in [0.3, 0.4) is 0 Å². The van der Waals surface area contributed by atoms with Crippen molar-refractivity contribution in [2.24, 2.45) is 0 Å². The molecule has 1 heterocycles. The van der Waals surface area contributed by atoms with E-state index >= 15 is 0 Å². The Bertz CT molecular complexity index is 527. The summed E-state index contributed by atoms with van der Waals surface area (Å²) in [5.74, 6) is 2.15. The van der Waals surface area contributed by atoms with Gasteiger partial charge in [-0.3, -0.25) is 0 Å². The lowest BCUT2D eigenvalue weighted by atomic mass is 10.1. The zero-order chi connectivity index (χ0) is 12.3. The maximum atomic E-state index is 5.26. The van der Waals surface area contributed by atoms with Crippen molar-refractivity contribution in [1.82, 2.24) is 9.97 Å². The third-order valence-corrected chi connectivity index (χ3v) is 2.46. The summed E-state index contributed by atoms with van der Waals surface area (Å²) in [6.45, 7) is 1.87. The van der Waals surface area contributed by atoms with Gasteiger partial charge in [-0.15, -0.1) is 0 Å². The lowest BCUT2D eigenvalue weighted by Crippen LogP contribution is -1.93. The fourth-order valence-electron chi connectivity index (χ4n) is 1.61. The van der Waals surface area contributed by atoms with Gasteiger partial charge in [0.05, 0.1) is 19.9 Å². The minimum Gasteiger partial charge on any atom is -0.493 e. The Morgan fingerprint density at radius 1 is 1.00 bits per heavy atom. The van der Waals surface area contributed by atoms with E-state index in [1.54, 1.807) is 20.4 Å². The SMILES string of the molecule is COc1ccc(-c2ccnc(C)n2)cc1OC. The molecule has 0 radical (unpaired) electrons. The molecule has 0 atom stereocenters.